The van der Waals surface area contributed by atoms with Gasteiger partial charge in [-0.3, -0.25) is 9.69 Å². The SMILES string of the molecule is Cc1cc(CC[C@H]2CN(C(=O)CN3CCC(C)CC3)CCO2)ncn1. The molecule has 6 nitrogen and oxygen atoms in total. The number of rotatable bonds is 5. The molecule has 2 aliphatic rings. The second kappa shape index (κ2) is 8.72. The molecule has 0 unspecified atom stereocenters. The summed E-state index contributed by atoms with van der Waals surface area (Å²) >= 11 is 0. The number of amides is 1. The first-order chi connectivity index (χ1) is 12.1. The first-order valence-electron chi connectivity index (χ1n) is 9.49. The van der Waals surface area contributed by atoms with Gasteiger partial charge < -0.3 is 9.64 Å². The van der Waals surface area contributed by atoms with Crippen LogP contribution in [0.15, 0.2) is 12.4 Å². The lowest BCUT2D eigenvalue weighted by molar-refractivity contribution is -0.140. The summed E-state index contributed by atoms with van der Waals surface area (Å²) in [5, 5.41) is 0. The largest absolute Gasteiger partial charge is 0.375 e. The quantitative estimate of drug-likeness (QED) is 0.812. The molecule has 0 radical (unpaired) electrons. The van der Waals surface area contributed by atoms with Crippen LogP contribution in [0.2, 0.25) is 0 Å². The maximum atomic E-state index is 12.6. The molecule has 2 fully saturated rings. The summed E-state index contributed by atoms with van der Waals surface area (Å²) in [6.07, 6.45) is 5.88. The second-order valence-corrected chi connectivity index (χ2v) is 7.48. The van der Waals surface area contributed by atoms with E-state index in [2.05, 4.69) is 21.8 Å². The van der Waals surface area contributed by atoms with E-state index >= 15 is 0 Å². The molecule has 0 aromatic carbocycles. The van der Waals surface area contributed by atoms with Crippen LogP contribution in [0.5, 0.6) is 0 Å². The number of morpholine rings is 1. The Morgan fingerprint density at radius 2 is 2.08 bits per heavy atom. The Labute approximate surface area is 150 Å². The fraction of sp³-hybridized carbons (Fsp3) is 0.737. The zero-order chi connectivity index (χ0) is 17.6. The summed E-state index contributed by atoms with van der Waals surface area (Å²) in [6, 6.07) is 2.02. The number of hydrogen-bond acceptors (Lipinski definition) is 5. The first-order valence-corrected chi connectivity index (χ1v) is 9.49. The van der Waals surface area contributed by atoms with Crippen molar-refractivity contribution >= 4 is 5.91 Å². The van der Waals surface area contributed by atoms with Gasteiger partial charge in [-0.2, -0.15) is 0 Å². The molecule has 3 rings (SSSR count). The van der Waals surface area contributed by atoms with Crippen molar-refractivity contribution < 1.29 is 9.53 Å². The number of carbonyl (C=O) groups is 1. The molecule has 1 aromatic rings. The summed E-state index contributed by atoms with van der Waals surface area (Å²) in [4.78, 5) is 25.3. The summed E-state index contributed by atoms with van der Waals surface area (Å²) in [6.45, 7) is 8.98. The number of ether oxygens (including phenoxy) is 1. The third-order valence-corrected chi connectivity index (χ3v) is 5.31. The van der Waals surface area contributed by atoms with Gasteiger partial charge in [0.15, 0.2) is 0 Å². The maximum Gasteiger partial charge on any atom is 0.236 e. The van der Waals surface area contributed by atoms with Gasteiger partial charge in [0.25, 0.3) is 0 Å². The number of piperidine rings is 1. The Morgan fingerprint density at radius 1 is 1.28 bits per heavy atom. The molecule has 0 aliphatic carbocycles. The Bertz CT molecular complexity index is 572. The maximum absolute atomic E-state index is 12.6. The van der Waals surface area contributed by atoms with Crippen molar-refractivity contribution in [2.24, 2.45) is 5.92 Å². The lowest BCUT2D eigenvalue weighted by atomic mass is 9.99. The summed E-state index contributed by atoms with van der Waals surface area (Å²) in [5.41, 5.74) is 2.03. The van der Waals surface area contributed by atoms with Gasteiger partial charge in [-0.15, -0.1) is 0 Å². The van der Waals surface area contributed by atoms with Crippen molar-refractivity contribution in [2.75, 3.05) is 39.3 Å². The van der Waals surface area contributed by atoms with E-state index in [9.17, 15) is 4.79 Å². The zero-order valence-electron chi connectivity index (χ0n) is 15.5. The highest BCUT2D eigenvalue weighted by atomic mass is 16.5. The Kier molecular flexibility index (Phi) is 6.37. The molecule has 0 saturated carbocycles. The van der Waals surface area contributed by atoms with Crippen molar-refractivity contribution in [1.29, 1.82) is 0 Å². The minimum atomic E-state index is 0.106. The molecule has 1 amide bonds. The smallest absolute Gasteiger partial charge is 0.236 e. The number of nitrogens with zero attached hydrogens (tertiary/aromatic N) is 4. The topological polar surface area (TPSA) is 58.6 Å². The Morgan fingerprint density at radius 3 is 2.84 bits per heavy atom. The molecule has 0 bridgehead atoms. The third kappa shape index (κ3) is 5.47. The van der Waals surface area contributed by atoms with Crippen molar-refractivity contribution in [3.8, 4) is 0 Å². The van der Waals surface area contributed by atoms with E-state index in [1.807, 2.05) is 17.9 Å². The van der Waals surface area contributed by atoms with E-state index in [1.165, 1.54) is 12.8 Å². The molecule has 138 valence electrons. The van der Waals surface area contributed by atoms with Crippen molar-refractivity contribution in [2.45, 2.75) is 45.6 Å². The standard InChI is InChI=1S/C19H30N4O2/c1-15-5-7-22(8-6-15)13-19(24)23-9-10-25-18(12-23)4-3-17-11-16(2)20-14-21-17/h11,14-15,18H,3-10,12-13H2,1-2H3/t18-/m0/s1. The van der Waals surface area contributed by atoms with Gasteiger partial charge in [-0.05, 0) is 57.7 Å². The predicted octanol–water partition coefficient (Wildman–Crippen LogP) is 1.68. The summed E-state index contributed by atoms with van der Waals surface area (Å²) in [7, 11) is 0. The molecule has 1 aromatic heterocycles. The van der Waals surface area contributed by atoms with Crippen LogP contribution in [-0.2, 0) is 16.0 Å². The zero-order valence-corrected chi connectivity index (χ0v) is 15.5. The van der Waals surface area contributed by atoms with Gasteiger partial charge in [0.05, 0.1) is 19.3 Å². The van der Waals surface area contributed by atoms with E-state index in [4.69, 9.17) is 4.74 Å². The highest BCUT2D eigenvalue weighted by Crippen LogP contribution is 2.17. The summed E-state index contributed by atoms with van der Waals surface area (Å²) in [5.74, 6) is 1.05. The van der Waals surface area contributed by atoms with Crippen LogP contribution in [0, 0.1) is 12.8 Å². The highest BCUT2D eigenvalue weighted by molar-refractivity contribution is 5.78. The minimum Gasteiger partial charge on any atom is -0.375 e. The van der Waals surface area contributed by atoms with Crippen molar-refractivity contribution in [3.05, 3.63) is 23.8 Å². The fourth-order valence-corrected chi connectivity index (χ4v) is 3.59. The highest BCUT2D eigenvalue weighted by Gasteiger charge is 2.26. The van der Waals surface area contributed by atoms with E-state index in [1.54, 1.807) is 6.33 Å². The number of aromatic nitrogens is 2. The van der Waals surface area contributed by atoms with E-state index in [0.717, 1.165) is 43.2 Å². The second-order valence-electron chi connectivity index (χ2n) is 7.48. The van der Waals surface area contributed by atoms with Gasteiger partial charge in [0, 0.05) is 24.5 Å². The van der Waals surface area contributed by atoms with Crippen LogP contribution in [0.25, 0.3) is 0 Å². The van der Waals surface area contributed by atoms with Crippen LogP contribution < -0.4 is 0 Å². The van der Waals surface area contributed by atoms with Crippen molar-refractivity contribution in [3.63, 3.8) is 0 Å². The molecule has 25 heavy (non-hydrogen) atoms. The van der Waals surface area contributed by atoms with Crippen LogP contribution in [0.3, 0.4) is 0 Å². The lowest BCUT2D eigenvalue weighted by Crippen LogP contribution is -2.50. The average Bonchev–Trinajstić information content (AvgIpc) is 2.62. The molecule has 1 atom stereocenters. The molecule has 0 spiro atoms. The average molecular weight is 346 g/mol. The molecule has 3 heterocycles. The molecular weight excluding hydrogens is 316 g/mol. The molecule has 2 saturated heterocycles. The number of hydrogen-bond donors (Lipinski definition) is 0. The minimum absolute atomic E-state index is 0.106. The van der Waals surface area contributed by atoms with Crippen LogP contribution in [0.4, 0.5) is 0 Å². The van der Waals surface area contributed by atoms with Gasteiger partial charge in [0.2, 0.25) is 5.91 Å². The Hall–Kier alpha value is -1.53. The number of aryl methyl sites for hydroxylation is 2. The fourth-order valence-electron chi connectivity index (χ4n) is 3.59. The molecular formula is C19H30N4O2. The monoisotopic (exact) mass is 346 g/mol. The van der Waals surface area contributed by atoms with E-state index in [0.29, 0.717) is 26.2 Å². The number of carbonyl (C=O) groups excluding carboxylic acids is 1. The van der Waals surface area contributed by atoms with E-state index < -0.39 is 0 Å². The van der Waals surface area contributed by atoms with Crippen LogP contribution in [-0.4, -0.2) is 71.1 Å². The third-order valence-electron chi connectivity index (χ3n) is 5.31. The number of likely N-dealkylation sites (tertiary alicyclic amines) is 1. The van der Waals surface area contributed by atoms with Gasteiger partial charge >= 0.3 is 0 Å². The van der Waals surface area contributed by atoms with Crippen LogP contribution >= 0.6 is 0 Å². The molecule has 2 aliphatic heterocycles. The molecule has 6 heteroatoms. The molecule has 0 N–H and O–H groups in total. The van der Waals surface area contributed by atoms with Gasteiger partial charge in [-0.25, -0.2) is 9.97 Å². The predicted molar refractivity (Wildman–Crippen MR) is 96.2 cm³/mol. The van der Waals surface area contributed by atoms with Gasteiger partial charge in [0.1, 0.15) is 6.33 Å². The van der Waals surface area contributed by atoms with Gasteiger partial charge in [-0.1, -0.05) is 6.92 Å². The van der Waals surface area contributed by atoms with E-state index in [-0.39, 0.29) is 12.0 Å². The lowest BCUT2D eigenvalue weighted by Gasteiger charge is -2.36. The van der Waals surface area contributed by atoms with Crippen LogP contribution in [0.1, 0.15) is 37.6 Å². The normalized spacial score (nSPS) is 23.0. The van der Waals surface area contributed by atoms with Crippen molar-refractivity contribution in [1.82, 2.24) is 19.8 Å². The Balaban J connectivity index is 1.44. The first kappa shape index (κ1) is 18.3. The summed E-state index contributed by atoms with van der Waals surface area (Å²) < 4.78 is 5.86.